The predicted octanol–water partition coefficient (Wildman–Crippen LogP) is 3.77. The van der Waals surface area contributed by atoms with Crippen LogP contribution in [0.25, 0.3) is 5.69 Å². The molecule has 0 radical (unpaired) electrons. The quantitative estimate of drug-likeness (QED) is 0.612. The summed E-state index contributed by atoms with van der Waals surface area (Å²) in [5.74, 6) is 0.323. The fraction of sp³-hybridized carbons (Fsp3) is 0.250. The van der Waals surface area contributed by atoms with Gasteiger partial charge in [-0.1, -0.05) is 23.9 Å². The van der Waals surface area contributed by atoms with Gasteiger partial charge in [0.2, 0.25) is 5.91 Å². The van der Waals surface area contributed by atoms with Crippen LogP contribution < -0.4 is 10.1 Å². The molecule has 2 atom stereocenters. The highest BCUT2D eigenvalue weighted by molar-refractivity contribution is 8.00. The fourth-order valence-corrected chi connectivity index (χ4v) is 3.45. The van der Waals surface area contributed by atoms with Crippen LogP contribution >= 0.6 is 11.8 Å². The summed E-state index contributed by atoms with van der Waals surface area (Å²) in [7, 11) is 1.61. The fourth-order valence-electron chi connectivity index (χ4n) is 2.60. The van der Waals surface area contributed by atoms with Crippen molar-refractivity contribution in [3.63, 3.8) is 0 Å². The average molecular weight is 400 g/mol. The second-order valence-electron chi connectivity index (χ2n) is 6.22. The predicted molar refractivity (Wildman–Crippen MR) is 106 cm³/mol. The maximum atomic E-state index is 13.1. The highest BCUT2D eigenvalue weighted by atomic mass is 32.2. The van der Waals surface area contributed by atoms with Crippen LogP contribution in [-0.4, -0.2) is 33.0 Å². The SMILES string of the molecule is COc1ccc(-n2cnnc2SC(C)C(=O)NC(C)c2ccc(F)cc2)cc1. The number of thioether (sulfide) groups is 1. The Bertz CT molecular complexity index is 928. The van der Waals surface area contributed by atoms with E-state index in [1.54, 1.807) is 25.6 Å². The van der Waals surface area contributed by atoms with Gasteiger partial charge in [-0.05, 0) is 55.8 Å². The largest absolute Gasteiger partial charge is 0.497 e. The van der Waals surface area contributed by atoms with Gasteiger partial charge in [0.1, 0.15) is 17.9 Å². The Kier molecular flexibility index (Phi) is 6.30. The molecule has 6 nitrogen and oxygen atoms in total. The first-order chi connectivity index (χ1) is 13.5. The maximum Gasteiger partial charge on any atom is 0.233 e. The molecule has 8 heteroatoms. The van der Waals surface area contributed by atoms with Crippen LogP contribution in [0.1, 0.15) is 25.5 Å². The van der Waals surface area contributed by atoms with Crippen molar-refractivity contribution in [3.8, 4) is 11.4 Å². The monoisotopic (exact) mass is 400 g/mol. The molecular formula is C20H21FN4O2S. The third-order valence-electron chi connectivity index (χ3n) is 4.25. The molecule has 2 unspecified atom stereocenters. The summed E-state index contributed by atoms with van der Waals surface area (Å²) in [6.45, 7) is 3.67. The minimum Gasteiger partial charge on any atom is -0.497 e. The van der Waals surface area contributed by atoms with Crippen molar-refractivity contribution in [2.75, 3.05) is 7.11 Å². The molecule has 3 aromatic rings. The first-order valence-corrected chi connectivity index (χ1v) is 9.63. The number of nitrogens with one attached hydrogen (secondary N) is 1. The highest BCUT2D eigenvalue weighted by Gasteiger charge is 2.20. The second-order valence-corrected chi connectivity index (χ2v) is 7.53. The Morgan fingerprint density at radius 2 is 1.82 bits per heavy atom. The van der Waals surface area contributed by atoms with E-state index in [2.05, 4.69) is 15.5 Å². The number of carbonyl (C=O) groups is 1. The summed E-state index contributed by atoms with van der Waals surface area (Å²) in [6, 6.07) is 13.4. The second kappa shape index (κ2) is 8.88. The summed E-state index contributed by atoms with van der Waals surface area (Å²) in [4.78, 5) is 12.6. The number of hydrogen-bond acceptors (Lipinski definition) is 5. The van der Waals surface area contributed by atoms with E-state index in [0.29, 0.717) is 5.16 Å². The molecule has 0 saturated heterocycles. The number of methoxy groups -OCH3 is 1. The number of rotatable bonds is 7. The molecule has 0 bridgehead atoms. The van der Waals surface area contributed by atoms with Crippen LogP contribution in [0.5, 0.6) is 5.75 Å². The van der Waals surface area contributed by atoms with E-state index < -0.39 is 0 Å². The number of hydrogen-bond donors (Lipinski definition) is 1. The lowest BCUT2D eigenvalue weighted by Gasteiger charge is -2.17. The lowest BCUT2D eigenvalue weighted by molar-refractivity contribution is -0.120. The average Bonchev–Trinajstić information content (AvgIpc) is 3.16. The zero-order chi connectivity index (χ0) is 20.1. The van der Waals surface area contributed by atoms with Gasteiger partial charge < -0.3 is 10.1 Å². The molecule has 0 aliphatic rings. The minimum atomic E-state index is -0.385. The van der Waals surface area contributed by atoms with Crippen molar-refractivity contribution < 1.29 is 13.9 Å². The van der Waals surface area contributed by atoms with Gasteiger partial charge in [-0.2, -0.15) is 0 Å². The lowest BCUT2D eigenvalue weighted by Crippen LogP contribution is -2.33. The number of halogens is 1. The molecule has 3 rings (SSSR count). The van der Waals surface area contributed by atoms with E-state index in [1.165, 1.54) is 23.9 Å². The van der Waals surface area contributed by atoms with Gasteiger partial charge in [0.25, 0.3) is 0 Å². The molecular weight excluding hydrogens is 379 g/mol. The highest BCUT2D eigenvalue weighted by Crippen LogP contribution is 2.25. The van der Waals surface area contributed by atoms with Gasteiger partial charge in [-0.3, -0.25) is 9.36 Å². The smallest absolute Gasteiger partial charge is 0.233 e. The molecule has 2 aromatic carbocycles. The van der Waals surface area contributed by atoms with Crippen molar-refractivity contribution in [2.45, 2.75) is 30.3 Å². The molecule has 0 aliphatic heterocycles. The van der Waals surface area contributed by atoms with Gasteiger partial charge in [0, 0.05) is 5.69 Å². The van der Waals surface area contributed by atoms with Gasteiger partial charge in [-0.25, -0.2) is 4.39 Å². The number of ether oxygens (including phenoxy) is 1. The number of nitrogens with zero attached hydrogens (tertiary/aromatic N) is 3. The number of amides is 1. The topological polar surface area (TPSA) is 69.0 Å². The van der Waals surface area contributed by atoms with Crippen molar-refractivity contribution in [3.05, 3.63) is 66.2 Å². The van der Waals surface area contributed by atoms with Crippen LogP contribution in [0.2, 0.25) is 0 Å². The third-order valence-corrected chi connectivity index (χ3v) is 5.30. The Labute approximate surface area is 167 Å². The van der Waals surface area contributed by atoms with Crippen LogP contribution in [0.15, 0.2) is 60.0 Å². The molecule has 1 aromatic heterocycles. The summed E-state index contributed by atoms with van der Waals surface area (Å²) in [5, 5.41) is 11.3. The molecule has 1 N–H and O–H groups in total. The lowest BCUT2D eigenvalue weighted by atomic mass is 10.1. The van der Waals surface area contributed by atoms with Crippen LogP contribution in [0.3, 0.4) is 0 Å². The maximum absolute atomic E-state index is 13.1. The van der Waals surface area contributed by atoms with E-state index in [0.717, 1.165) is 17.0 Å². The first kappa shape index (κ1) is 19.9. The molecule has 0 fully saturated rings. The molecule has 0 aliphatic carbocycles. The Balaban J connectivity index is 1.65. The summed E-state index contributed by atoms with van der Waals surface area (Å²) >= 11 is 1.32. The molecule has 28 heavy (non-hydrogen) atoms. The molecule has 0 spiro atoms. The van der Waals surface area contributed by atoms with E-state index >= 15 is 0 Å². The van der Waals surface area contributed by atoms with Crippen molar-refractivity contribution >= 4 is 17.7 Å². The van der Waals surface area contributed by atoms with Crippen LogP contribution in [-0.2, 0) is 4.79 Å². The van der Waals surface area contributed by atoms with Crippen molar-refractivity contribution in [1.29, 1.82) is 0 Å². The van der Waals surface area contributed by atoms with E-state index in [4.69, 9.17) is 4.74 Å². The van der Waals surface area contributed by atoms with Gasteiger partial charge >= 0.3 is 0 Å². The summed E-state index contributed by atoms with van der Waals surface area (Å²) in [6.07, 6.45) is 1.61. The molecule has 1 heterocycles. The van der Waals surface area contributed by atoms with Crippen molar-refractivity contribution in [1.82, 2.24) is 20.1 Å². The number of aromatic nitrogens is 3. The Morgan fingerprint density at radius 1 is 1.14 bits per heavy atom. The molecule has 146 valence electrons. The van der Waals surface area contributed by atoms with Gasteiger partial charge in [-0.15, -0.1) is 10.2 Å². The Morgan fingerprint density at radius 3 is 2.46 bits per heavy atom. The Hall–Kier alpha value is -2.87. The van der Waals surface area contributed by atoms with Crippen LogP contribution in [0, 0.1) is 5.82 Å². The van der Waals surface area contributed by atoms with E-state index in [9.17, 15) is 9.18 Å². The standard InChI is InChI=1S/C20H21FN4O2S/c1-13(15-4-6-16(21)7-5-15)23-19(26)14(2)28-20-24-22-12-25(20)17-8-10-18(27-3)11-9-17/h4-14H,1-3H3,(H,23,26). The summed E-state index contributed by atoms with van der Waals surface area (Å²) < 4.78 is 20.0. The van der Waals surface area contributed by atoms with Gasteiger partial charge in [0.15, 0.2) is 5.16 Å². The van der Waals surface area contributed by atoms with E-state index in [1.807, 2.05) is 42.7 Å². The zero-order valence-electron chi connectivity index (χ0n) is 15.8. The van der Waals surface area contributed by atoms with E-state index in [-0.39, 0.29) is 23.0 Å². The third kappa shape index (κ3) is 4.69. The number of benzene rings is 2. The molecule has 1 amide bonds. The minimum absolute atomic E-state index is 0.133. The number of carbonyl (C=O) groups excluding carboxylic acids is 1. The molecule has 0 saturated carbocycles. The van der Waals surface area contributed by atoms with Crippen LogP contribution in [0.4, 0.5) is 4.39 Å². The first-order valence-electron chi connectivity index (χ1n) is 8.75. The normalized spacial score (nSPS) is 13.0. The summed E-state index contributed by atoms with van der Waals surface area (Å²) in [5.41, 5.74) is 1.72. The van der Waals surface area contributed by atoms with Gasteiger partial charge in [0.05, 0.1) is 18.4 Å². The van der Waals surface area contributed by atoms with Crippen molar-refractivity contribution in [2.24, 2.45) is 0 Å². The zero-order valence-corrected chi connectivity index (χ0v) is 16.6.